The maximum Gasteiger partial charge on any atom is 0.255 e. The van der Waals surface area contributed by atoms with Crippen LogP contribution in [0.1, 0.15) is 23.2 Å². The van der Waals surface area contributed by atoms with Crippen molar-refractivity contribution >= 4 is 23.3 Å². The second-order valence-electron chi connectivity index (χ2n) is 5.24. The van der Waals surface area contributed by atoms with Crippen LogP contribution in [0, 0.1) is 0 Å². The van der Waals surface area contributed by atoms with Crippen LogP contribution in [0.5, 0.6) is 0 Å². The summed E-state index contributed by atoms with van der Waals surface area (Å²) in [6, 6.07) is 2.03. The van der Waals surface area contributed by atoms with Gasteiger partial charge in [-0.3, -0.25) is 4.79 Å². The molecule has 0 aromatic carbocycles. The summed E-state index contributed by atoms with van der Waals surface area (Å²) in [4.78, 5) is 18.4. The predicted octanol–water partition coefficient (Wildman–Crippen LogP) is 2.34. The molecule has 3 rings (SSSR count). The second-order valence-corrected chi connectivity index (χ2v) is 5.65. The lowest BCUT2D eigenvalue weighted by Gasteiger charge is -2.27. The minimum Gasteiger partial charge on any atom is -0.378 e. The molecule has 1 aromatic heterocycles. The van der Waals surface area contributed by atoms with E-state index in [0.717, 1.165) is 12.8 Å². The molecule has 5 nitrogen and oxygen atoms in total. The third kappa shape index (κ3) is 3.36. The number of ether oxygens (including phenoxy) is 1. The Kier molecular flexibility index (Phi) is 4.41. The molecule has 0 bridgehead atoms. The number of halogens is 1. The quantitative estimate of drug-likeness (QED) is 0.871. The van der Waals surface area contributed by atoms with E-state index >= 15 is 0 Å². The summed E-state index contributed by atoms with van der Waals surface area (Å²) >= 11 is 6.25. The van der Waals surface area contributed by atoms with E-state index in [1.54, 1.807) is 17.2 Å². The van der Waals surface area contributed by atoms with E-state index in [4.69, 9.17) is 16.3 Å². The minimum absolute atomic E-state index is 0.0400. The number of rotatable bonds is 3. The molecule has 0 atom stereocenters. The fourth-order valence-corrected chi connectivity index (χ4v) is 2.76. The SMILES string of the molecule is O=C(c1cnc(NC2CC=CC2)c(Cl)c1)N1CCOCC1. The first-order chi connectivity index (χ1) is 10.2. The molecule has 2 aliphatic rings. The van der Waals surface area contributed by atoms with Crippen molar-refractivity contribution in [3.05, 3.63) is 35.0 Å². The zero-order chi connectivity index (χ0) is 14.7. The molecular formula is C15H18ClN3O2. The Bertz CT molecular complexity index is 548. The largest absolute Gasteiger partial charge is 0.378 e. The third-order valence-corrected chi connectivity index (χ3v) is 4.02. The fraction of sp³-hybridized carbons (Fsp3) is 0.467. The van der Waals surface area contributed by atoms with Crippen LogP contribution in [0.15, 0.2) is 24.4 Å². The summed E-state index contributed by atoms with van der Waals surface area (Å²) in [6.07, 6.45) is 7.83. The van der Waals surface area contributed by atoms with Gasteiger partial charge in [0.1, 0.15) is 5.82 Å². The number of hydrogen-bond donors (Lipinski definition) is 1. The molecule has 112 valence electrons. The molecule has 0 saturated carbocycles. The van der Waals surface area contributed by atoms with Gasteiger partial charge in [-0.05, 0) is 18.9 Å². The monoisotopic (exact) mass is 307 g/mol. The lowest BCUT2D eigenvalue weighted by molar-refractivity contribution is 0.0302. The van der Waals surface area contributed by atoms with Gasteiger partial charge in [-0.15, -0.1) is 0 Å². The molecule has 1 N–H and O–H groups in total. The van der Waals surface area contributed by atoms with Crippen molar-refractivity contribution in [2.75, 3.05) is 31.6 Å². The van der Waals surface area contributed by atoms with Crippen molar-refractivity contribution in [2.45, 2.75) is 18.9 Å². The standard InChI is InChI=1S/C15H18ClN3O2/c16-13-9-11(15(20)19-5-7-21-8-6-19)10-17-14(13)18-12-3-1-2-4-12/h1-2,9-10,12H,3-8H2,(H,17,18). The van der Waals surface area contributed by atoms with Crippen molar-refractivity contribution in [2.24, 2.45) is 0 Å². The van der Waals surface area contributed by atoms with E-state index in [-0.39, 0.29) is 5.91 Å². The first-order valence-corrected chi connectivity index (χ1v) is 7.56. The van der Waals surface area contributed by atoms with Gasteiger partial charge in [0.15, 0.2) is 0 Å². The number of hydrogen-bond acceptors (Lipinski definition) is 4. The Labute approximate surface area is 128 Å². The van der Waals surface area contributed by atoms with E-state index < -0.39 is 0 Å². The average molecular weight is 308 g/mol. The zero-order valence-electron chi connectivity index (χ0n) is 11.7. The number of carbonyl (C=O) groups is 1. The molecule has 1 amide bonds. The van der Waals surface area contributed by atoms with Gasteiger partial charge in [-0.1, -0.05) is 23.8 Å². The maximum absolute atomic E-state index is 12.3. The molecule has 21 heavy (non-hydrogen) atoms. The van der Waals surface area contributed by atoms with Crippen LogP contribution >= 0.6 is 11.6 Å². The van der Waals surface area contributed by atoms with Crippen LogP contribution < -0.4 is 5.32 Å². The number of pyridine rings is 1. The van der Waals surface area contributed by atoms with E-state index in [0.29, 0.717) is 48.7 Å². The summed E-state index contributed by atoms with van der Waals surface area (Å²) < 4.78 is 5.25. The molecule has 1 aliphatic heterocycles. The number of anilines is 1. The lowest BCUT2D eigenvalue weighted by Crippen LogP contribution is -2.40. The predicted molar refractivity (Wildman–Crippen MR) is 81.8 cm³/mol. The number of nitrogens with one attached hydrogen (secondary N) is 1. The van der Waals surface area contributed by atoms with Gasteiger partial charge in [0.2, 0.25) is 0 Å². The number of amides is 1. The highest BCUT2D eigenvalue weighted by atomic mass is 35.5. The highest BCUT2D eigenvalue weighted by molar-refractivity contribution is 6.33. The summed E-state index contributed by atoms with van der Waals surface area (Å²) in [7, 11) is 0. The number of morpholine rings is 1. The Morgan fingerprint density at radius 3 is 2.71 bits per heavy atom. The smallest absolute Gasteiger partial charge is 0.255 e. The van der Waals surface area contributed by atoms with Crippen molar-refractivity contribution < 1.29 is 9.53 Å². The van der Waals surface area contributed by atoms with Gasteiger partial charge < -0.3 is 15.0 Å². The number of carbonyl (C=O) groups excluding carboxylic acids is 1. The van der Waals surface area contributed by atoms with E-state index in [9.17, 15) is 4.79 Å². The molecule has 0 radical (unpaired) electrons. The number of aromatic nitrogens is 1. The van der Waals surface area contributed by atoms with Crippen molar-refractivity contribution in [3.63, 3.8) is 0 Å². The van der Waals surface area contributed by atoms with Gasteiger partial charge in [0, 0.05) is 25.3 Å². The first kappa shape index (κ1) is 14.4. The summed E-state index contributed by atoms with van der Waals surface area (Å²) in [5.41, 5.74) is 0.525. The van der Waals surface area contributed by atoms with E-state index in [1.165, 1.54) is 0 Å². The highest BCUT2D eigenvalue weighted by Crippen LogP contribution is 2.24. The van der Waals surface area contributed by atoms with Gasteiger partial charge in [-0.2, -0.15) is 0 Å². The van der Waals surface area contributed by atoms with Crippen molar-refractivity contribution in [3.8, 4) is 0 Å². The molecule has 2 heterocycles. The summed E-state index contributed by atoms with van der Waals surface area (Å²) in [6.45, 7) is 2.40. The molecule has 0 spiro atoms. The summed E-state index contributed by atoms with van der Waals surface area (Å²) in [5.74, 6) is 0.602. The Morgan fingerprint density at radius 2 is 2.05 bits per heavy atom. The van der Waals surface area contributed by atoms with Gasteiger partial charge in [-0.25, -0.2) is 4.98 Å². The molecule has 6 heteroatoms. The van der Waals surface area contributed by atoms with Crippen LogP contribution in [-0.4, -0.2) is 48.1 Å². The van der Waals surface area contributed by atoms with Crippen LogP contribution in [0.3, 0.4) is 0 Å². The van der Waals surface area contributed by atoms with E-state index in [1.807, 2.05) is 0 Å². The summed E-state index contributed by atoms with van der Waals surface area (Å²) in [5, 5.41) is 3.79. The van der Waals surface area contributed by atoms with Crippen molar-refractivity contribution in [1.82, 2.24) is 9.88 Å². The molecule has 1 aromatic rings. The highest BCUT2D eigenvalue weighted by Gasteiger charge is 2.20. The van der Waals surface area contributed by atoms with Gasteiger partial charge in [0.25, 0.3) is 5.91 Å². The topological polar surface area (TPSA) is 54.5 Å². The molecule has 1 fully saturated rings. The zero-order valence-corrected chi connectivity index (χ0v) is 12.5. The molecule has 1 saturated heterocycles. The van der Waals surface area contributed by atoms with Crippen molar-refractivity contribution in [1.29, 1.82) is 0 Å². The molecular weight excluding hydrogens is 290 g/mol. The third-order valence-electron chi connectivity index (χ3n) is 3.74. The van der Waals surface area contributed by atoms with Crippen LogP contribution in [0.2, 0.25) is 5.02 Å². The first-order valence-electron chi connectivity index (χ1n) is 7.18. The van der Waals surface area contributed by atoms with Crippen LogP contribution in [0.4, 0.5) is 5.82 Å². The van der Waals surface area contributed by atoms with Crippen LogP contribution in [-0.2, 0) is 4.74 Å². The molecule has 0 unspecified atom stereocenters. The number of nitrogens with zero attached hydrogens (tertiary/aromatic N) is 2. The lowest BCUT2D eigenvalue weighted by atomic mass is 10.2. The Hall–Kier alpha value is -1.59. The Balaban J connectivity index is 1.69. The molecule has 1 aliphatic carbocycles. The minimum atomic E-state index is -0.0400. The fourth-order valence-electron chi connectivity index (χ4n) is 2.54. The maximum atomic E-state index is 12.3. The van der Waals surface area contributed by atoms with E-state index in [2.05, 4.69) is 22.5 Å². The average Bonchev–Trinajstić information content (AvgIpc) is 3.02. The Morgan fingerprint density at radius 1 is 1.33 bits per heavy atom. The normalized spacial score (nSPS) is 19.0. The van der Waals surface area contributed by atoms with Crippen LogP contribution in [0.25, 0.3) is 0 Å². The second kappa shape index (κ2) is 6.45. The van der Waals surface area contributed by atoms with Gasteiger partial charge in [0.05, 0.1) is 23.8 Å². The van der Waals surface area contributed by atoms with Gasteiger partial charge >= 0.3 is 0 Å².